The minimum Gasteiger partial charge on any atom is -0.469 e. The molecule has 128 valence electrons. The second-order valence-corrected chi connectivity index (χ2v) is 6.22. The van der Waals surface area contributed by atoms with Gasteiger partial charge in [-0.1, -0.05) is 30.3 Å². The first-order chi connectivity index (χ1) is 12.2. The van der Waals surface area contributed by atoms with Crippen LogP contribution in [0.2, 0.25) is 0 Å². The lowest BCUT2D eigenvalue weighted by Crippen LogP contribution is -2.27. The van der Waals surface area contributed by atoms with Gasteiger partial charge in [-0.25, -0.2) is 4.79 Å². The van der Waals surface area contributed by atoms with Crippen molar-refractivity contribution in [2.24, 2.45) is 0 Å². The van der Waals surface area contributed by atoms with E-state index in [1.54, 1.807) is 6.26 Å². The van der Waals surface area contributed by atoms with Crippen molar-refractivity contribution < 1.29 is 8.83 Å². The van der Waals surface area contributed by atoms with Gasteiger partial charge in [0.05, 0.1) is 23.1 Å². The second-order valence-electron chi connectivity index (χ2n) is 6.22. The molecule has 3 aromatic rings. The summed E-state index contributed by atoms with van der Waals surface area (Å²) in [6, 6.07) is 11.7. The maximum Gasteiger partial charge on any atom is 0.346 e. The lowest BCUT2D eigenvalue weighted by Gasteiger charge is -2.29. The molecule has 1 aromatic carbocycles. The molecule has 0 aliphatic heterocycles. The molecule has 0 spiro atoms. The Morgan fingerprint density at radius 2 is 1.80 bits per heavy atom. The Morgan fingerprint density at radius 3 is 2.52 bits per heavy atom. The Balaban J connectivity index is 2.06. The minimum absolute atomic E-state index is 0.291. The number of furan rings is 1. The van der Waals surface area contributed by atoms with Gasteiger partial charge < -0.3 is 13.7 Å². The summed E-state index contributed by atoms with van der Waals surface area (Å²) < 4.78 is 11.4. The number of anilines is 1. The lowest BCUT2D eigenvalue weighted by molar-refractivity contribution is 0.484. The van der Waals surface area contributed by atoms with Crippen LogP contribution in [0.3, 0.4) is 0 Å². The van der Waals surface area contributed by atoms with E-state index < -0.39 is 0 Å². The van der Waals surface area contributed by atoms with Crippen LogP contribution in [0.15, 0.2) is 56.3 Å². The van der Waals surface area contributed by atoms with Crippen molar-refractivity contribution in [1.29, 1.82) is 0 Å². The highest BCUT2D eigenvalue weighted by Crippen LogP contribution is 2.42. The highest BCUT2D eigenvalue weighted by molar-refractivity contribution is 5.85. The van der Waals surface area contributed by atoms with Gasteiger partial charge in [0.15, 0.2) is 0 Å². The summed E-state index contributed by atoms with van der Waals surface area (Å²) in [5, 5.41) is 0. The Bertz CT molecular complexity index is 949. The topological polar surface area (TPSA) is 46.6 Å². The molecule has 0 saturated heterocycles. The third-order valence-electron chi connectivity index (χ3n) is 4.93. The molecule has 0 radical (unpaired) electrons. The van der Waals surface area contributed by atoms with Gasteiger partial charge in [0.1, 0.15) is 11.5 Å². The Hall–Kier alpha value is -2.75. The minimum atomic E-state index is -0.291. The fraction of sp³-hybridized carbons (Fsp3) is 0.286. The normalized spacial score (nSPS) is 12.6. The highest BCUT2D eigenvalue weighted by Gasteiger charge is 2.29. The number of fused-ring (bicyclic) bond motifs is 3. The van der Waals surface area contributed by atoms with E-state index in [0.29, 0.717) is 11.3 Å². The number of benzene rings is 1. The first kappa shape index (κ1) is 15.8. The van der Waals surface area contributed by atoms with Crippen molar-refractivity contribution in [1.82, 2.24) is 0 Å². The quantitative estimate of drug-likeness (QED) is 0.704. The van der Waals surface area contributed by atoms with Crippen LogP contribution >= 0.6 is 0 Å². The molecule has 0 fully saturated rings. The van der Waals surface area contributed by atoms with Crippen molar-refractivity contribution in [2.45, 2.75) is 26.7 Å². The second kappa shape index (κ2) is 6.28. The summed E-state index contributed by atoms with van der Waals surface area (Å²) >= 11 is 0. The summed E-state index contributed by atoms with van der Waals surface area (Å²) in [5.41, 5.74) is 4.30. The van der Waals surface area contributed by atoms with E-state index in [1.807, 2.05) is 36.4 Å². The van der Waals surface area contributed by atoms with Crippen molar-refractivity contribution in [2.75, 3.05) is 18.0 Å². The van der Waals surface area contributed by atoms with Crippen LogP contribution in [0.25, 0.3) is 22.5 Å². The van der Waals surface area contributed by atoms with Crippen LogP contribution in [-0.2, 0) is 12.8 Å². The van der Waals surface area contributed by atoms with Gasteiger partial charge >= 0.3 is 5.63 Å². The van der Waals surface area contributed by atoms with Crippen LogP contribution in [0.5, 0.6) is 0 Å². The van der Waals surface area contributed by atoms with Crippen molar-refractivity contribution in [3.8, 4) is 22.5 Å². The average molecular weight is 335 g/mol. The van der Waals surface area contributed by atoms with Crippen molar-refractivity contribution in [3.63, 3.8) is 0 Å². The maximum absolute atomic E-state index is 13.0. The number of aryl methyl sites for hydroxylation is 1. The van der Waals surface area contributed by atoms with E-state index in [4.69, 9.17) is 8.83 Å². The molecule has 0 bridgehead atoms. The third-order valence-corrected chi connectivity index (χ3v) is 4.93. The summed E-state index contributed by atoms with van der Waals surface area (Å²) in [6.45, 7) is 5.91. The van der Waals surface area contributed by atoms with Gasteiger partial charge in [-0.05, 0) is 31.9 Å². The summed E-state index contributed by atoms with van der Waals surface area (Å²) in [7, 11) is 0. The fourth-order valence-corrected chi connectivity index (χ4v) is 3.73. The molecule has 4 heteroatoms. The predicted octanol–water partition coefficient (Wildman–Crippen LogP) is 4.51. The molecule has 0 saturated carbocycles. The fourth-order valence-electron chi connectivity index (χ4n) is 3.73. The summed E-state index contributed by atoms with van der Waals surface area (Å²) in [4.78, 5) is 15.2. The Labute approximate surface area is 146 Å². The highest BCUT2D eigenvalue weighted by atomic mass is 16.4. The van der Waals surface area contributed by atoms with Gasteiger partial charge in [-0.3, -0.25) is 0 Å². The zero-order chi connectivity index (χ0) is 17.4. The van der Waals surface area contributed by atoms with Gasteiger partial charge in [0, 0.05) is 25.1 Å². The largest absolute Gasteiger partial charge is 0.469 e. The number of hydrogen-bond donors (Lipinski definition) is 0. The van der Waals surface area contributed by atoms with Crippen LogP contribution in [0.1, 0.15) is 25.2 Å². The first-order valence-electron chi connectivity index (χ1n) is 8.81. The number of rotatable bonds is 4. The van der Waals surface area contributed by atoms with E-state index in [9.17, 15) is 4.79 Å². The van der Waals surface area contributed by atoms with Crippen LogP contribution < -0.4 is 10.5 Å². The molecule has 25 heavy (non-hydrogen) atoms. The standard InChI is InChI=1S/C21H21NO3/c1-3-22(4-2)19-16-10-11-17-15(12-13-24-17)20(16)25-21(23)18(19)14-8-6-5-7-9-14/h5-9,12-13H,3-4,10-11H2,1-2H3. The molecule has 0 atom stereocenters. The molecular formula is C21H21NO3. The summed E-state index contributed by atoms with van der Waals surface area (Å²) in [5.74, 6) is 1.56. The monoisotopic (exact) mass is 335 g/mol. The van der Waals surface area contributed by atoms with E-state index >= 15 is 0 Å². The van der Waals surface area contributed by atoms with Gasteiger partial charge in [-0.15, -0.1) is 0 Å². The molecule has 0 amide bonds. The predicted molar refractivity (Wildman–Crippen MR) is 99.1 cm³/mol. The molecule has 0 N–H and O–H groups in total. The average Bonchev–Trinajstić information content (AvgIpc) is 3.12. The molecule has 1 aliphatic carbocycles. The maximum atomic E-state index is 13.0. The Kier molecular flexibility index (Phi) is 3.96. The smallest absolute Gasteiger partial charge is 0.346 e. The molecule has 0 unspecified atom stereocenters. The third kappa shape index (κ3) is 2.49. The lowest BCUT2D eigenvalue weighted by atomic mass is 9.91. The van der Waals surface area contributed by atoms with E-state index in [1.165, 1.54) is 0 Å². The Morgan fingerprint density at radius 1 is 1.04 bits per heavy atom. The van der Waals surface area contributed by atoms with E-state index in [0.717, 1.165) is 54.1 Å². The number of nitrogens with zero attached hydrogens (tertiary/aromatic N) is 1. The van der Waals surface area contributed by atoms with Crippen molar-refractivity contribution >= 4 is 5.69 Å². The molecular weight excluding hydrogens is 314 g/mol. The van der Waals surface area contributed by atoms with Crippen LogP contribution in [0.4, 0.5) is 5.69 Å². The zero-order valence-corrected chi connectivity index (χ0v) is 14.5. The van der Waals surface area contributed by atoms with Gasteiger partial charge in [0.2, 0.25) is 0 Å². The van der Waals surface area contributed by atoms with Crippen LogP contribution in [0, 0.1) is 0 Å². The van der Waals surface area contributed by atoms with Gasteiger partial charge in [0.25, 0.3) is 0 Å². The van der Waals surface area contributed by atoms with Crippen LogP contribution in [-0.4, -0.2) is 13.1 Å². The molecule has 2 heterocycles. The SMILES string of the molecule is CCN(CC)c1c2c(oc(=O)c1-c1ccccc1)-c1ccoc1CC2. The first-order valence-corrected chi connectivity index (χ1v) is 8.81. The van der Waals surface area contributed by atoms with Gasteiger partial charge in [-0.2, -0.15) is 0 Å². The van der Waals surface area contributed by atoms with E-state index in [-0.39, 0.29) is 5.63 Å². The molecule has 1 aliphatic rings. The number of hydrogen-bond acceptors (Lipinski definition) is 4. The van der Waals surface area contributed by atoms with E-state index in [2.05, 4.69) is 18.7 Å². The summed E-state index contributed by atoms with van der Waals surface area (Å²) in [6.07, 6.45) is 3.30. The zero-order valence-electron chi connectivity index (χ0n) is 14.5. The molecule has 2 aromatic heterocycles. The molecule has 4 nitrogen and oxygen atoms in total. The molecule has 4 rings (SSSR count). The van der Waals surface area contributed by atoms with Crippen molar-refractivity contribution in [3.05, 3.63) is 64.4 Å².